The maximum Gasteiger partial charge on any atom is 0.239 e. The van der Waals surface area contributed by atoms with Crippen molar-refractivity contribution in [2.24, 2.45) is 0 Å². The van der Waals surface area contributed by atoms with Crippen LogP contribution < -0.4 is 15.8 Å². The molecular formula is C13H21N3O3S. The molecule has 112 valence electrons. The number of rotatable bonds is 4. The summed E-state index contributed by atoms with van der Waals surface area (Å²) >= 11 is 0. The molecule has 0 spiro atoms. The van der Waals surface area contributed by atoms with Gasteiger partial charge in [-0.2, -0.15) is 4.98 Å². The van der Waals surface area contributed by atoms with Crippen LogP contribution in [-0.2, 0) is 9.84 Å². The van der Waals surface area contributed by atoms with Crippen molar-refractivity contribution in [2.75, 3.05) is 22.6 Å². The maximum atomic E-state index is 11.4. The van der Waals surface area contributed by atoms with Crippen LogP contribution in [0, 0.1) is 0 Å². The highest BCUT2D eigenvalue weighted by atomic mass is 32.2. The number of anilines is 2. The van der Waals surface area contributed by atoms with Crippen molar-refractivity contribution in [1.82, 2.24) is 4.98 Å². The Bertz CT molecular complexity index is 558. The highest BCUT2D eigenvalue weighted by Crippen LogP contribution is 2.24. The molecule has 1 aromatic rings. The first kappa shape index (κ1) is 14.9. The lowest BCUT2D eigenvalue weighted by Crippen LogP contribution is -2.32. The fourth-order valence-electron chi connectivity index (χ4n) is 2.09. The summed E-state index contributed by atoms with van der Waals surface area (Å²) in [6, 6.07) is 3.65. The minimum absolute atomic E-state index is 0.000117. The van der Waals surface area contributed by atoms with Crippen LogP contribution in [0.4, 0.5) is 11.5 Å². The van der Waals surface area contributed by atoms with E-state index in [0.29, 0.717) is 30.2 Å². The Morgan fingerprint density at radius 1 is 1.35 bits per heavy atom. The fourth-order valence-corrected chi connectivity index (χ4v) is 3.58. The average molecular weight is 299 g/mol. The zero-order valence-corrected chi connectivity index (χ0v) is 12.6. The summed E-state index contributed by atoms with van der Waals surface area (Å²) in [4.78, 5) is 4.34. The first-order valence-corrected chi connectivity index (χ1v) is 8.58. The molecule has 0 aromatic carbocycles. The third-order valence-corrected chi connectivity index (χ3v) is 4.86. The van der Waals surface area contributed by atoms with Gasteiger partial charge in [-0.15, -0.1) is 0 Å². The standard InChI is InChI=1S/C13H21N3O3S/c1-9(2)19-13-11(14)3-4-12(16-13)15-10-5-7-20(17,18)8-6-10/h3-4,9-10H,5-8,14H2,1-2H3,(H,15,16). The number of hydrogen-bond donors (Lipinski definition) is 2. The van der Waals surface area contributed by atoms with Crippen LogP contribution in [0.25, 0.3) is 0 Å². The fraction of sp³-hybridized carbons (Fsp3) is 0.615. The van der Waals surface area contributed by atoms with Gasteiger partial charge in [0.05, 0.1) is 23.3 Å². The van der Waals surface area contributed by atoms with Crippen molar-refractivity contribution in [3.05, 3.63) is 12.1 Å². The van der Waals surface area contributed by atoms with E-state index in [2.05, 4.69) is 10.3 Å². The zero-order valence-electron chi connectivity index (χ0n) is 11.8. The van der Waals surface area contributed by atoms with Gasteiger partial charge in [0, 0.05) is 6.04 Å². The van der Waals surface area contributed by atoms with E-state index in [9.17, 15) is 8.42 Å². The van der Waals surface area contributed by atoms with E-state index in [4.69, 9.17) is 10.5 Å². The molecule has 0 atom stereocenters. The molecule has 0 aliphatic carbocycles. The van der Waals surface area contributed by atoms with Crippen molar-refractivity contribution < 1.29 is 13.2 Å². The molecule has 0 amide bonds. The van der Waals surface area contributed by atoms with Gasteiger partial charge in [-0.05, 0) is 38.8 Å². The molecule has 1 aliphatic rings. The molecule has 0 saturated carbocycles. The van der Waals surface area contributed by atoms with Crippen LogP contribution in [0.15, 0.2) is 12.1 Å². The molecule has 7 heteroatoms. The van der Waals surface area contributed by atoms with Crippen LogP contribution in [0.5, 0.6) is 5.88 Å². The number of ether oxygens (including phenoxy) is 1. The van der Waals surface area contributed by atoms with E-state index in [-0.39, 0.29) is 23.7 Å². The minimum atomic E-state index is -2.84. The van der Waals surface area contributed by atoms with Gasteiger partial charge in [0.1, 0.15) is 15.7 Å². The molecule has 1 saturated heterocycles. The Labute approximate surface area is 119 Å². The summed E-state index contributed by atoms with van der Waals surface area (Å²) in [7, 11) is -2.84. The number of nitrogens with two attached hydrogens (primary N) is 1. The topological polar surface area (TPSA) is 94.3 Å². The van der Waals surface area contributed by atoms with E-state index in [1.54, 1.807) is 12.1 Å². The molecule has 2 rings (SSSR count). The van der Waals surface area contributed by atoms with Crippen molar-refractivity contribution in [3.63, 3.8) is 0 Å². The summed E-state index contributed by atoms with van der Waals surface area (Å²) in [5.41, 5.74) is 6.31. The Morgan fingerprint density at radius 2 is 2.00 bits per heavy atom. The second-order valence-corrected chi connectivity index (χ2v) is 7.63. The minimum Gasteiger partial charge on any atom is -0.473 e. The van der Waals surface area contributed by atoms with Gasteiger partial charge in [-0.25, -0.2) is 8.42 Å². The quantitative estimate of drug-likeness (QED) is 0.873. The molecule has 1 aromatic heterocycles. The van der Waals surface area contributed by atoms with Gasteiger partial charge in [-0.1, -0.05) is 0 Å². The van der Waals surface area contributed by atoms with Crippen molar-refractivity contribution in [1.29, 1.82) is 0 Å². The average Bonchev–Trinajstić information content (AvgIpc) is 2.35. The third-order valence-electron chi connectivity index (χ3n) is 3.14. The number of nitrogen functional groups attached to an aromatic ring is 1. The molecule has 0 unspecified atom stereocenters. The van der Waals surface area contributed by atoms with E-state index in [1.165, 1.54) is 0 Å². The molecular weight excluding hydrogens is 278 g/mol. The van der Waals surface area contributed by atoms with Crippen LogP contribution >= 0.6 is 0 Å². The van der Waals surface area contributed by atoms with Crippen LogP contribution in [0.1, 0.15) is 26.7 Å². The zero-order chi connectivity index (χ0) is 14.8. The SMILES string of the molecule is CC(C)Oc1nc(NC2CCS(=O)(=O)CC2)ccc1N. The van der Waals surface area contributed by atoms with Gasteiger partial charge in [-0.3, -0.25) is 0 Å². The largest absolute Gasteiger partial charge is 0.473 e. The van der Waals surface area contributed by atoms with E-state index in [1.807, 2.05) is 13.8 Å². The molecule has 3 N–H and O–H groups in total. The summed E-state index contributed by atoms with van der Waals surface area (Å²) in [6.07, 6.45) is 1.21. The first-order chi connectivity index (χ1) is 9.35. The lowest BCUT2D eigenvalue weighted by Gasteiger charge is -2.24. The Kier molecular flexibility index (Phi) is 4.37. The number of nitrogens with zero attached hydrogens (tertiary/aromatic N) is 1. The van der Waals surface area contributed by atoms with Gasteiger partial charge in [0.15, 0.2) is 0 Å². The lowest BCUT2D eigenvalue weighted by atomic mass is 10.1. The predicted molar refractivity (Wildman–Crippen MR) is 79.7 cm³/mol. The summed E-state index contributed by atoms with van der Waals surface area (Å²) < 4.78 is 28.3. The molecule has 6 nitrogen and oxygen atoms in total. The number of sulfone groups is 1. The monoisotopic (exact) mass is 299 g/mol. The molecule has 0 bridgehead atoms. The third kappa shape index (κ3) is 4.00. The molecule has 2 heterocycles. The second kappa shape index (κ2) is 5.87. The molecule has 20 heavy (non-hydrogen) atoms. The molecule has 1 fully saturated rings. The van der Waals surface area contributed by atoms with Gasteiger partial charge < -0.3 is 15.8 Å². The van der Waals surface area contributed by atoms with Crippen LogP contribution in [0.2, 0.25) is 0 Å². The second-order valence-electron chi connectivity index (χ2n) is 5.33. The van der Waals surface area contributed by atoms with E-state index in [0.717, 1.165) is 0 Å². The number of hydrogen-bond acceptors (Lipinski definition) is 6. The van der Waals surface area contributed by atoms with Crippen molar-refractivity contribution in [3.8, 4) is 5.88 Å². The lowest BCUT2D eigenvalue weighted by molar-refractivity contribution is 0.234. The number of pyridine rings is 1. The molecule has 0 radical (unpaired) electrons. The highest BCUT2D eigenvalue weighted by molar-refractivity contribution is 7.91. The number of nitrogens with one attached hydrogen (secondary N) is 1. The van der Waals surface area contributed by atoms with Crippen molar-refractivity contribution >= 4 is 21.3 Å². The Balaban J connectivity index is 2.03. The van der Waals surface area contributed by atoms with E-state index < -0.39 is 9.84 Å². The van der Waals surface area contributed by atoms with Gasteiger partial charge >= 0.3 is 0 Å². The first-order valence-electron chi connectivity index (χ1n) is 6.76. The van der Waals surface area contributed by atoms with E-state index >= 15 is 0 Å². The summed E-state index contributed by atoms with van der Waals surface area (Å²) in [5.74, 6) is 1.54. The highest BCUT2D eigenvalue weighted by Gasteiger charge is 2.23. The maximum absolute atomic E-state index is 11.4. The summed E-state index contributed by atoms with van der Waals surface area (Å²) in [6.45, 7) is 3.82. The normalized spacial score (nSPS) is 18.9. The smallest absolute Gasteiger partial charge is 0.239 e. The Morgan fingerprint density at radius 3 is 2.60 bits per heavy atom. The van der Waals surface area contributed by atoms with Crippen LogP contribution in [-0.4, -0.2) is 37.1 Å². The van der Waals surface area contributed by atoms with Crippen molar-refractivity contribution in [2.45, 2.75) is 38.8 Å². The summed E-state index contributed by atoms with van der Waals surface area (Å²) in [5, 5.41) is 3.25. The Hall–Kier alpha value is -1.50. The van der Waals surface area contributed by atoms with Gasteiger partial charge in [0.2, 0.25) is 5.88 Å². The molecule has 1 aliphatic heterocycles. The van der Waals surface area contributed by atoms with Gasteiger partial charge in [0.25, 0.3) is 0 Å². The number of aromatic nitrogens is 1. The predicted octanol–water partition coefficient (Wildman–Crippen LogP) is 1.44. The van der Waals surface area contributed by atoms with Crippen LogP contribution in [0.3, 0.4) is 0 Å².